The van der Waals surface area contributed by atoms with Crippen molar-refractivity contribution in [2.45, 2.75) is 51.7 Å². The molecule has 0 spiro atoms. The van der Waals surface area contributed by atoms with Gasteiger partial charge < -0.3 is 10.6 Å². The molecular formula is C17H22F3N7. The number of anilines is 3. The summed E-state index contributed by atoms with van der Waals surface area (Å²) in [5.74, 6) is 0.985. The van der Waals surface area contributed by atoms with Crippen LogP contribution < -0.4 is 10.6 Å². The molecule has 4 rings (SSSR count). The molecule has 0 amide bonds. The van der Waals surface area contributed by atoms with Crippen LogP contribution in [0.4, 0.5) is 30.6 Å². The normalized spacial score (nSPS) is 15.7. The van der Waals surface area contributed by atoms with Gasteiger partial charge in [0.05, 0.1) is 17.6 Å². The Morgan fingerprint density at radius 2 is 1.81 bits per heavy atom. The van der Waals surface area contributed by atoms with Crippen LogP contribution in [0.2, 0.25) is 0 Å². The van der Waals surface area contributed by atoms with E-state index >= 15 is 0 Å². The Morgan fingerprint density at radius 1 is 1.19 bits per heavy atom. The summed E-state index contributed by atoms with van der Waals surface area (Å²) >= 11 is 0. The third-order valence-corrected chi connectivity index (χ3v) is 3.95. The SMILES string of the molecule is C#N.CC1CC1.Cc1[nH]ncc1Nc1ncc(C(F)(F)F)c(NC2CC2)n1. The van der Waals surface area contributed by atoms with Gasteiger partial charge in [0.1, 0.15) is 11.4 Å². The minimum absolute atomic E-state index is 0.0597. The van der Waals surface area contributed by atoms with Gasteiger partial charge in [-0.15, -0.1) is 0 Å². The number of hydrogen-bond donors (Lipinski definition) is 3. The highest BCUT2D eigenvalue weighted by molar-refractivity contribution is 5.58. The Morgan fingerprint density at radius 3 is 2.26 bits per heavy atom. The van der Waals surface area contributed by atoms with E-state index in [1.807, 2.05) is 0 Å². The number of nitriles is 1. The van der Waals surface area contributed by atoms with Crippen LogP contribution in [0.15, 0.2) is 12.4 Å². The number of alkyl halides is 3. The van der Waals surface area contributed by atoms with Gasteiger partial charge in [-0.25, -0.2) is 10.2 Å². The second kappa shape index (κ2) is 8.70. The van der Waals surface area contributed by atoms with Gasteiger partial charge in [0, 0.05) is 18.8 Å². The average molecular weight is 381 g/mol. The van der Waals surface area contributed by atoms with E-state index in [9.17, 15) is 13.2 Å². The lowest BCUT2D eigenvalue weighted by Gasteiger charge is -2.14. The van der Waals surface area contributed by atoms with E-state index in [1.165, 1.54) is 19.0 Å². The molecule has 2 aliphatic rings. The summed E-state index contributed by atoms with van der Waals surface area (Å²) in [6.45, 7) is 7.56. The second-order valence-corrected chi connectivity index (χ2v) is 6.59. The number of H-pyrrole nitrogens is 1. The minimum Gasteiger partial charge on any atom is -0.367 e. The third kappa shape index (κ3) is 6.44. The van der Waals surface area contributed by atoms with Gasteiger partial charge >= 0.3 is 6.18 Å². The van der Waals surface area contributed by atoms with Gasteiger partial charge in [-0.2, -0.15) is 23.3 Å². The summed E-state index contributed by atoms with van der Waals surface area (Å²) in [5.41, 5.74) is 0.506. The number of aromatic nitrogens is 4. The van der Waals surface area contributed by atoms with Gasteiger partial charge in [0.25, 0.3) is 0 Å². The highest BCUT2D eigenvalue weighted by atomic mass is 19.4. The number of nitrogens with one attached hydrogen (secondary N) is 3. The Kier molecular flexibility index (Phi) is 6.60. The van der Waals surface area contributed by atoms with Gasteiger partial charge in [-0.3, -0.25) is 5.10 Å². The fraction of sp³-hybridized carbons (Fsp3) is 0.529. The predicted molar refractivity (Wildman–Crippen MR) is 95.4 cm³/mol. The molecule has 0 radical (unpaired) electrons. The molecule has 146 valence electrons. The van der Waals surface area contributed by atoms with Crippen molar-refractivity contribution in [2.75, 3.05) is 10.6 Å². The molecule has 2 heterocycles. The van der Waals surface area contributed by atoms with Gasteiger partial charge in [-0.05, 0) is 25.7 Å². The largest absolute Gasteiger partial charge is 0.421 e. The number of aryl methyl sites for hydroxylation is 1. The summed E-state index contributed by atoms with van der Waals surface area (Å²) in [7, 11) is 0. The van der Waals surface area contributed by atoms with Crippen LogP contribution in [0.25, 0.3) is 0 Å². The molecule has 0 aliphatic heterocycles. The first-order chi connectivity index (χ1) is 12.8. The number of nitrogens with zero attached hydrogens (tertiary/aromatic N) is 4. The lowest BCUT2D eigenvalue weighted by Crippen LogP contribution is -2.15. The van der Waals surface area contributed by atoms with Crippen molar-refractivity contribution in [2.24, 2.45) is 5.92 Å². The highest BCUT2D eigenvalue weighted by Gasteiger charge is 2.36. The molecule has 3 N–H and O–H groups in total. The lowest BCUT2D eigenvalue weighted by atomic mass is 10.3. The Hall–Kier alpha value is -2.83. The predicted octanol–water partition coefficient (Wildman–Crippen LogP) is 4.40. The summed E-state index contributed by atoms with van der Waals surface area (Å²) in [6, 6.07) is 0.0597. The van der Waals surface area contributed by atoms with Gasteiger partial charge in [0.15, 0.2) is 0 Å². The first-order valence-corrected chi connectivity index (χ1v) is 8.56. The molecule has 0 unspecified atom stereocenters. The molecule has 2 saturated carbocycles. The van der Waals surface area contributed by atoms with Gasteiger partial charge in [0.2, 0.25) is 5.95 Å². The van der Waals surface area contributed by atoms with Crippen molar-refractivity contribution >= 4 is 17.5 Å². The fourth-order valence-corrected chi connectivity index (χ4v) is 1.94. The van der Waals surface area contributed by atoms with Crippen LogP contribution in [0.5, 0.6) is 0 Å². The number of hydrogen-bond acceptors (Lipinski definition) is 6. The number of halogens is 3. The maximum absolute atomic E-state index is 12.9. The highest BCUT2D eigenvalue weighted by Crippen LogP contribution is 2.36. The average Bonchev–Trinajstić information content (AvgIpc) is 3.54. The molecule has 0 saturated heterocycles. The summed E-state index contributed by atoms with van der Waals surface area (Å²) in [6.07, 6.45) is 2.50. The smallest absolute Gasteiger partial charge is 0.367 e. The zero-order chi connectivity index (χ0) is 20.0. The molecular weight excluding hydrogens is 359 g/mol. The lowest BCUT2D eigenvalue weighted by molar-refractivity contribution is -0.137. The number of rotatable bonds is 4. The van der Waals surface area contributed by atoms with E-state index in [1.54, 1.807) is 6.92 Å². The Balaban J connectivity index is 0.000000378. The van der Waals surface area contributed by atoms with Crippen molar-refractivity contribution in [1.82, 2.24) is 20.2 Å². The quantitative estimate of drug-likeness (QED) is 0.725. The van der Waals surface area contributed by atoms with Crippen molar-refractivity contribution in [3.63, 3.8) is 0 Å². The fourth-order valence-electron chi connectivity index (χ4n) is 1.94. The van der Waals surface area contributed by atoms with Crippen LogP contribution >= 0.6 is 0 Å². The van der Waals surface area contributed by atoms with E-state index in [0.29, 0.717) is 5.69 Å². The minimum atomic E-state index is -4.48. The van der Waals surface area contributed by atoms with Crippen LogP contribution in [0.1, 0.15) is 43.9 Å². The van der Waals surface area contributed by atoms with Gasteiger partial charge in [-0.1, -0.05) is 19.8 Å². The van der Waals surface area contributed by atoms with E-state index < -0.39 is 11.7 Å². The molecule has 0 aromatic carbocycles. The maximum Gasteiger partial charge on any atom is 0.421 e. The summed E-state index contributed by atoms with van der Waals surface area (Å²) in [5, 5.41) is 18.7. The van der Waals surface area contributed by atoms with Crippen LogP contribution in [0, 0.1) is 24.7 Å². The zero-order valence-corrected chi connectivity index (χ0v) is 15.1. The molecule has 7 nitrogen and oxygen atoms in total. The van der Waals surface area contributed by atoms with E-state index in [0.717, 1.165) is 30.7 Å². The Labute approximate surface area is 155 Å². The van der Waals surface area contributed by atoms with Crippen molar-refractivity contribution in [3.8, 4) is 6.57 Å². The monoisotopic (exact) mass is 381 g/mol. The number of aromatic amines is 1. The first kappa shape index (κ1) is 20.5. The maximum atomic E-state index is 12.9. The molecule has 0 bridgehead atoms. The standard InChI is InChI=1S/C12H13F3N6.C4H8.CHN/c1-6-9(5-17-21-6)19-11-16-4-8(12(13,14)15)10(20-11)18-7-2-3-7;1-4-2-3-4;1-2/h4-5,7H,2-3H2,1H3,(H,17,21)(H2,16,18,19,20);4H,2-3H2,1H3;1H. The van der Waals surface area contributed by atoms with Crippen molar-refractivity contribution in [3.05, 3.63) is 23.7 Å². The zero-order valence-electron chi connectivity index (χ0n) is 15.1. The first-order valence-electron chi connectivity index (χ1n) is 8.56. The van der Waals surface area contributed by atoms with Crippen molar-refractivity contribution in [1.29, 1.82) is 5.26 Å². The van der Waals surface area contributed by atoms with Crippen LogP contribution in [0.3, 0.4) is 0 Å². The summed E-state index contributed by atoms with van der Waals surface area (Å²) < 4.78 is 38.8. The molecule has 2 fully saturated rings. The third-order valence-electron chi connectivity index (χ3n) is 3.95. The Bertz CT molecular complexity index is 761. The second-order valence-electron chi connectivity index (χ2n) is 6.59. The van der Waals surface area contributed by atoms with Crippen LogP contribution in [-0.4, -0.2) is 26.2 Å². The van der Waals surface area contributed by atoms with E-state index in [4.69, 9.17) is 5.26 Å². The molecule has 10 heteroatoms. The molecule has 2 aliphatic carbocycles. The van der Waals surface area contributed by atoms with Crippen molar-refractivity contribution < 1.29 is 13.2 Å². The van der Waals surface area contributed by atoms with E-state index in [-0.39, 0.29) is 17.8 Å². The topological polar surface area (TPSA) is 102 Å². The summed E-state index contributed by atoms with van der Waals surface area (Å²) in [4.78, 5) is 7.67. The molecule has 2 aromatic heterocycles. The molecule has 2 aromatic rings. The molecule has 0 atom stereocenters. The van der Waals surface area contributed by atoms with E-state index in [2.05, 4.69) is 44.3 Å². The molecule has 27 heavy (non-hydrogen) atoms. The van der Waals surface area contributed by atoms with Crippen LogP contribution in [-0.2, 0) is 6.18 Å².